The third-order valence-corrected chi connectivity index (χ3v) is 5.59. The van der Waals surface area contributed by atoms with E-state index in [1.54, 1.807) is 0 Å². The number of carbonyl (C=O) groups excluding carboxylic acids is 1. The van der Waals surface area contributed by atoms with Crippen molar-refractivity contribution >= 4 is 5.91 Å². The number of nitrogens with one attached hydrogen (secondary N) is 2. The fraction of sp³-hybridized carbons (Fsp3) is 0.938. The molecule has 3 aliphatic rings. The molecule has 1 saturated carbocycles. The fourth-order valence-electron chi connectivity index (χ4n) is 4.59. The zero-order chi connectivity index (χ0) is 15.7. The maximum atomic E-state index is 13.2. The molecule has 3 atom stereocenters. The lowest BCUT2D eigenvalue weighted by Gasteiger charge is -2.31. The van der Waals surface area contributed by atoms with E-state index in [0.29, 0.717) is 24.9 Å². The quantitative estimate of drug-likeness (QED) is 0.836. The number of amides is 1. The molecule has 2 heterocycles. The molecule has 3 rings (SSSR count). The van der Waals surface area contributed by atoms with Gasteiger partial charge in [-0.2, -0.15) is 13.2 Å². The summed E-state index contributed by atoms with van der Waals surface area (Å²) in [6.07, 6.45) is 2.84. The smallest absolute Gasteiger partial charge is 0.344 e. The van der Waals surface area contributed by atoms with Crippen molar-refractivity contribution in [1.29, 1.82) is 0 Å². The van der Waals surface area contributed by atoms with Crippen molar-refractivity contribution < 1.29 is 18.0 Å². The number of alkyl halides is 3. The predicted octanol–water partition coefficient (Wildman–Crippen LogP) is 3.14. The summed E-state index contributed by atoms with van der Waals surface area (Å²) in [6, 6.07) is -0.726. The molecule has 22 heavy (non-hydrogen) atoms. The SMILES string of the molecule is O=C(CC1CC2CCC(C1)N2)NC(C1CCCC1)C(F)(F)F. The first-order valence-electron chi connectivity index (χ1n) is 8.54. The Morgan fingerprint density at radius 1 is 1.09 bits per heavy atom. The number of rotatable bonds is 4. The van der Waals surface area contributed by atoms with Gasteiger partial charge in [-0.1, -0.05) is 12.8 Å². The lowest BCUT2D eigenvalue weighted by Crippen LogP contribution is -2.50. The molecule has 0 spiro atoms. The van der Waals surface area contributed by atoms with Crippen LogP contribution in [0.5, 0.6) is 0 Å². The Morgan fingerprint density at radius 2 is 1.68 bits per heavy atom. The van der Waals surface area contributed by atoms with Crippen molar-refractivity contribution in [1.82, 2.24) is 10.6 Å². The Balaban J connectivity index is 1.54. The van der Waals surface area contributed by atoms with Gasteiger partial charge in [-0.25, -0.2) is 0 Å². The van der Waals surface area contributed by atoms with Gasteiger partial charge in [-0.15, -0.1) is 0 Å². The van der Waals surface area contributed by atoms with Crippen molar-refractivity contribution in [3.8, 4) is 0 Å². The van der Waals surface area contributed by atoms with Gasteiger partial charge >= 0.3 is 6.18 Å². The van der Waals surface area contributed by atoms with Crippen LogP contribution < -0.4 is 10.6 Å². The molecule has 1 aliphatic carbocycles. The van der Waals surface area contributed by atoms with Gasteiger partial charge in [0, 0.05) is 18.5 Å². The summed E-state index contributed by atoms with van der Waals surface area (Å²) < 4.78 is 39.7. The van der Waals surface area contributed by atoms with E-state index in [0.717, 1.165) is 38.5 Å². The maximum absolute atomic E-state index is 13.2. The van der Waals surface area contributed by atoms with Crippen LogP contribution >= 0.6 is 0 Å². The summed E-state index contributed by atoms with van der Waals surface area (Å²) in [5.41, 5.74) is 0. The van der Waals surface area contributed by atoms with Crippen LogP contribution in [0.4, 0.5) is 13.2 Å². The summed E-state index contributed by atoms with van der Waals surface area (Å²) >= 11 is 0. The standard InChI is InChI=1S/C16H25F3N2O/c17-16(18,19)15(11-3-1-2-4-11)21-14(22)9-10-7-12-5-6-13(8-10)20-12/h10-13,15,20H,1-9H2,(H,21,22). The second-order valence-corrected chi connectivity index (χ2v) is 7.31. The fourth-order valence-corrected chi connectivity index (χ4v) is 4.59. The molecule has 126 valence electrons. The van der Waals surface area contributed by atoms with E-state index in [9.17, 15) is 18.0 Å². The number of fused-ring (bicyclic) bond motifs is 2. The zero-order valence-electron chi connectivity index (χ0n) is 12.8. The molecule has 2 N–H and O–H groups in total. The number of hydrogen-bond acceptors (Lipinski definition) is 2. The Hall–Kier alpha value is -0.780. The number of hydrogen-bond donors (Lipinski definition) is 2. The summed E-state index contributed by atoms with van der Waals surface area (Å²) in [7, 11) is 0. The number of carbonyl (C=O) groups is 1. The van der Waals surface area contributed by atoms with E-state index in [-0.39, 0.29) is 12.3 Å². The zero-order valence-corrected chi connectivity index (χ0v) is 12.8. The molecule has 3 nitrogen and oxygen atoms in total. The highest BCUT2D eigenvalue weighted by Gasteiger charge is 2.46. The molecule has 6 heteroatoms. The minimum Gasteiger partial charge on any atom is -0.344 e. The lowest BCUT2D eigenvalue weighted by molar-refractivity contribution is -0.172. The normalized spacial score (nSPS) is 33.9. The predicted molar refractivity (Wildman–Crippen MR) is 77.2 cm³/mol. The summed E-state index contributed by atoms with van der Waals surface area (Å²) in [5, 5.41) is 5.80. The molecule has 0 aromatic carbocycles. The van der Waals surface area contributed by atoms with Gasteiger partial charge < -0.3 is 10.6 Å². The second-order valence-electron chi connectivity index (χ2n) is 7.31. The summed E-state index contributed by atoms with van der Waals surface area (Å²) in [5.74, 6) is -0.620. The molecule has 2 saturated heterocycles. The van der Waals surface area contributed by atoms with Crippen molar-refractivity contribution in [3.05, 3.63) is 0 Å². The van der Waals surface area contributed by atoms with E-state index in [2.05, 4.69) is 10.6 Å². The summed E-state index contributed by atoms with van der Waals surface area (Å²) in [4.78, 5) is 12.1. The van der Waals surface area contributed by atoms with Gasteiger partial charge in [-0.05, 0) is 50.4 Å². The molecule has 3 unspecified atom stereocenters. The molecule has 0 aromatic heterocycles. The second kappa shape index (κ2) is 6.38. The highest BCUT2D eigenvalue weighted by atomic mass is 19.4. The van der Waals surface area contributed by atoms with Crippen molar-refractivity contribution in [3.63, 3.8) is 0 Å². The molecule has 2 aliphatic heterocycles. The van der Waals surface area contributed by atoms with Gasteiger partial charge in [0.05, 0.1) is 0 Å². The average molecular weight is 318 g/mol. The van der Waals surface area contributed by atoms with Gasteiger partial charge in [-0.3, -0.25) is 4.79 Å². The first-order chi connectivity index (χ1) is 10.4. The van der Waals surface area contributed by atoms with Gasteiger partial charge in [0.15, 0.2) is 0 Å². The van der Waals surface area contributed by atoms with Crippen LogP contribution in [-0.2, 0) is 4.79 Å². The van der Waals surface area contributed by atoms with Crippen molar-refractivity contribution in [2.75, 3.05) is 0 Å². The Labute approximate surface area is 129 Å². The molecule has 3 fully saturated rings. The third kappa shape index (κ3) is 3.76. The third-order valence-electron chi connectivity index (χ3n) is 5.59. The Bertz CT molecular complexity index is 395. The number of piperidine rings is 1. The monoisotopic (exact) mass is 318 g/mol. The molecular weight excluding hydrogens is 293 g/mol. The first-order valence-corrected chi connectivity index (χ1v) is 8.54. The highest BCUT2D eigenvalue weighted by molar-refractivity contribution is 5.76. The van der Waals surface area contributed by atoms with E-state index in [4.69, 9.17) is 0 Å². The molecule has 2 bridgehead atoms. The largest absolute Gasteiger partial charge is 0.408 e. The minimum atomic E-state index is -4.34. The Morgan fingerprint density at radius 3 is 2.23 bits per heavy atom. The van der Waals surface area contributed by atoms with Gasteiger partial charge in [0.2, 0.25) is 5.91 Å². The summed E-state index contributed by atoms with van der Waals surface area (Å²) in [6.45, 7) is 0. The maximum Gasteiger partial charge on any atom is 0.408 e. The topological polar surface area (TPSA) is 41.1 Å². The minimum absolute atomic E-state index is 0.233. The van der Waals surface area contributed by atoms with E-state index >= 15 is 0 Å². The van der Waals surface area contributed by atoms with Gasteiger partial charge in [0.1, 0.15) is 6.04 Å². The molecular formula is C16H25F3N2O. The number of halogens is 3. The van der Waals surface area contributed by atoms with Crippen LogP contribution in [0, 0.1) is 11.8 Å². The van der Waals surface area contributed by atoms with E-state index < -0.39 is 24.0 Å². The molecule has 0 aromatic rings. The van der Waals surface area contributed by atoms with Crippen molar-refractivity contribution in [2.24, 2.45) is 11.8 Å². The molecule has 0 radical (unpaired) electrons. The van der Waals surface area contributed by atoms with Crippen LogP contribution in [-0.4, -0.2) is 30.2 Å². The van der Waals surface area contributed by atoms with Crippen LogP contribution in [0.25, 0.3) is 0 Å². The van der Waals surface area contributed by atoms with Crippen LogP contribution in [0.2, 0.25) is 0 Å². The van der Waals surface area contributed by atoms with Crippen molar-refractivity contribution in [2.45, 2.75) is 82.1 Å². The van der Waals surface area contributed by atoms with Crippen LogP contribution in [0.1, 0.15) is 57.8 Å². The Kier molecular flexibility index (Phi) is 4.67. The van der Waals surface area contributed by atoms with Gasteiger partial charge in [0.25, 0.3) is 0 Å². The lowest BCUT2D eigenvalue weighted by atomic mass is 9.89. The first kappa shape index (κ1) is 16.1. The molecule has 1 amide bonds. The van der Waals surface area contributed by atoms with E-state index in [1.807, 2.05) is 0 Å². The van der Waals surface area contributed by atoms with E-state index in [1.165, 1.54) is 0 Å². The average Bonchev–Trinajstić information content (AvgIpc) is 3.05. The highest BCUT2D eigenvalue weighted by Crippen LogP contribution is 2.36. The van der Waals surface area contributed by atoms with Crippen LogP contribution in [0.15, 0.2) is 0 Å². The van der Waals surface area contributed by atoms with Crippen LogP contribution in [0.3, 0.4) is 0 Å².